The summed E-state index contributed by atoms with van der Waals surface area (Å²) in [4.78, 5) is 13.8. The lowest BCUT2D eigenvalue weighted by Crippen LogP contribution is -2.24. The molecule has 4 heteroatoms. The van der Waals surface area contributed by atoms with E-state index in [1.54, 1.807) is 6.07 Å². The number of carbonyl (C=O) groups is 1. The molecule has 0 heterocycles. The molecule has 1 aromatic rings. The van der Waals surface area contributed by atoms with Gasteiger partial charge in [0, 0.05) is 24.3 Å². The van der Waals surface area contributed by atoms with Crippen molar-refractivity contribution in [3.8, 4) is 0 Å². The van der Waals surface area contributed by atoms with E-state index in [2.05, 4.69) is 17.1 Å². The van der Waals surface area contributed by atoms with Gasteiger partial charge in [0.1, 0.15) is 0 Å². The molecule has 0 spiro atoms. The van der Waals surface area contributed by atoms with Crippen molar-refractivity contribution >= 4 is 17.3 Å². The molecular formula is C13H21N3O. The van der Waals surface area contributed by atoms with E-state index in [0.717, 1.165) is 24.3 Å². The molecule has 0 aromatic heterocycles. The van der Waals surface area contributed by atoms with E-state index >= 15 is 0 Å². The van der Waals surface area contributed by atoms with Gasteiger partial charge in [0.2, 0.25) is 5.91 Å². The smallest absolute Gasteiger partial charge is 0.225 e. The Kier molecular flexibility index (Phi) is 4.97. The van der Waals surface area contributed by atoms with Crippen molar-refractivity contribution in [2.75, 3.05) is 31.2 Å². The predicted molar refractivity (Wildman–Crippen MR) is 72.0 cm³/mol. The maximum absolute atomic E-state index is 11.7. The summed E-state index contributed by atoms with van der Waals surface area (Å²) < 4.78 is 0. The standard InChI is InChI=1S/C13H21N3O/c1-4-16(3)8-7-13(17)15-12-9-11(14)6-5-10(12)2/h5-6,9H,4,7-8,14H2,1-3H3,(H,15,17). The van der Waals surface area contributed by atoms with Crippen molar-refractivity contribution in [2.45, 2.75) is 20.3 Å². The van der Waals surface area contributed by atoms with Gasteiger partial charge in [0.05, 0.1) is 0 Å². The van der Waals surface area contributed by atoms with Crippen molar-refractivity contribution < 1.29 is 4.79 Å². The first kappa shape index (κ1) is 13.5. The Bertz CT molecular complexity index is 390. The first-order valence-corrected chi connectivity index (χ1v) is 5.87. The molecule has 0 unspecified atom stereocenters. The molecule has 1 rings (SSSR count). The van der Waals surface area contributed by atoms with Crippen LogP contribution in [0.25, 0.3) is 0 Å². The van der Waals surface area contributed by atoms with Gasteiger partial charge in [-0.25, -0.2) is 0 Å². The summed E-state index contributed by atoms with van der Waals surface area (Å²) in [7, 11) is 2.00. The van der Waals surface area contributed by atoms with Crippen LogP contribution >= 0.6 is 0 Å². The minimum atomic E-state index is 0.0269. The lowest BCUT2D eigenvalue weighted by atomic mass is 10.2. The normalized spacial score (nSPS) is 10.6. The van der Waals surface area contributed by atoms with E-state index in [-0.39, 0.29) is 5.91 Å². The lowest BCUT2D eigenvalue weighted by Gasteiger charge is -2.14. The summed E-state index contributed by atoms with van der Waals surface area (Å²) in [6.07, 6.45) is 0.499. The average Bonchev–Trinajstić information content (AvgIpc) is 2.30. The second-order valence-electron chi connectivity index (χ2n) is 4.27. The van der Waals surface area contributed by atoms with Crippen LogP contribution in [0.15, 0.2) is 18.2 Å². The fraction of sp³-hybridized carbons (Fsp3) is 0.462. The third-order valence-electron chi connectivity index (χ3n) is 2.80. The number of nitrogens with zero attached hydrogens (tertiary/aromatic N) is 1. The van der Waals surface area contributed by atoms with Gasteiger partial charge in [0.15, 0.2) is 0 Å². The molecular weight excluding hydrogens is 214 g/mol. The van der Waals surface area contributed by atoms with E-state index in [4.69, 9.17) is 5.73 Å². The molecule has 17 heavy (non-hydrogen) atoms. The van der Waals surface area contributed by atoms with Crippen LogP contribution in [0.2, 0.25) is 0 Å². The second-order valence-corrected chi connectivity index (χ2v) is 4.27. The third kappa shape index (κ3) is 4.44. The highest BCUT2D eigenvalue weighted by Crippen LogP contribution is 2.18. The molecule has 3 N–H and O–H groups in total. The molecule has 0 saturated heterocycles. The molecule has 0 radical (unpaired) electrons. The Morgan fingerprint density at radius 2 is 2.18 bits per heavy atom. The fourth-order valence-corrected chi connectivity index (χ4v) is 1.44. The van der Waals surface area contributed by atoms with E-state index in [1.165, 1.54) is 0 Å². The molecule has 1 amide bonds. The van der Waals surface area contributed by atoms with Crippen LogP contribution in [0.1, 0.15) is 18.9 Å². The van der Waals surface area contributed by atoms with Crippen molar-refractivity contribution in [3.05, 3.63) is 23.8 Å². The van der Waals surface area contributed by atoms with Crippen LogP contribution in [-0.2, 0) is 4.79 Å². The van der Waals surface area contributed by atoms with Crippen molar-refractivity contribution in [1.29, 1.82) is 0 Å². The van der Waals surface area contributed by atoms with Crippen LogP contribution in [0, 0.1) is 6.92 Å². The number of rotatable bonds is 5. The molecule has 0 bridgehead atoms. The topological polar surface area (TPSA) is 58.4 Å². The number of amides is 1. The van der Waals surface area contributed by atoms with Gasteiger partial charge in [-0.1, -0.05) is 13.0 Å². The number of hydrogen-bond acceptors (Lipinski definition) is 3. The van der Waals surface area contributed by atoms with Crippen molar-refractivity contribution in [3.63, 3.8) is 0 Å². The average molecular weight is 235 g/mol. The molecule has 0 saturated carbocycles. The minimum Gasteiger partial charge on any atom is -0.399 e. The van der Waals surface area contributed by atoms with E-state index in [1.807, 2.05) is 26.1 Å². The molecule has 0 fully saturated rings. The Labute approximate surface area is 103 Å². The zero-order chi connectivity index (χ0) is 12.8. The molecule has 4 nitrogen and oxygen atoms in total. The van der Waals surface area contributed by atoms with Gasteiger partial charge in [-0.2, -0.15) is 0 Å². The summed E-state index contributed by atoms with van der Waals surface area (Å²) in [6, 6.07) is 5.52. The van der Waals surface area contributed by atoms with Crippen molar-refractivity contribution in [1.82, 2.24) is 4.90 Å². The van der Waals surface area contributed by atoms with E-state index in [0.29, 0.717) is 12.1 Å². The molecule has 94 valence electrons. The van der Waals surface area contributed by atoms with Crippen LogP contribution in [0.5, 0.6) is 0 Å². The highest BCUT2D eigenvalue weighted by Gasteiger charge is 2.06. The second kappa shape index (κ2) is 6.25. The minimum absolute atomic E-state index is 0.0269. The van der Waals surface area contributed by atoms with Gasteiger partial charge < -0.3 is 16.0 Å². The van der Waals surface area contributed by atoms with Gasteiger partial charge >= 0.3 is 0 Å². The lowest BCUT2D eigenvalue weighted by molar-refractivity contribution is -0.116. The summed E-state index contributed by atoms with van der Waals surface area (Å²) in [5, 5.41) is 2.88. The molecule has 0 aliphatic rings. The highest BCUT2D eigenvalue weighted by molar-refractivity contribution is 5.92. The van der Waals surface area contributed by atoms with Gasteiger partial charge in [0.25, 0.3) is 0 Å². The SMILES string of the molecule is CCN(C)CCC(=O)Nc1cc(N)ccc1C. The maximum Gasteiger partial charge on any atom is 0.225 e. The zero-order valence-electron chi connectivity index (χ0n) is 10.8. The molecule has 0 aliphatic carbocycles. The Morgan fingerprint density at radius 3 is 2.82 bits per heavy atom. The number of aryl methyl sites for hydroxylation is 1. The Balaban J connectivity index is 2.53. The number of nitrogens with one attached hydrogen (secondary N) is 1. The quantitative estimate of drug-likeness (QED) is 0.766. The monoisotopic (exact) mass is 235 g/mol. The first-order chi connectivity index (χ1) is 8.02. The summed E-state index contributed by atoms with van der Waals surface area (Å²) in [6.45, 7) is 5.74. The largest absolute Gasteiger partial charge is 0.399 e. The number of benzene rings is 1. The zero-order valence-corrected chi connectivity index (χ0v) is 10.8. The Morgan fingerprint density at radius 1 is 1.47 bits per heavy atom. The van der Waals surface area contributed by atoms with Crippen molar-refractivity contribution in [2.24, 2.45) is 0 Å². The molecule has 0 atom stereocenters. The predicted octanol–water partition coefficient (Wildman–Crippen LogP) is 1.86. The highest BCUT2D eigenvalue weighted by atomic mass is 16.1. The third-order valence-corrected chi connectivity index (χ3v) is 2.80. The number of nitrogens with two attached hydrogens (primary N) is 1. The van der Waals surface area contributed by atoms with Crippen LogP contribution in [0.4, 0.5) is 11.4 Å². The number of nitrogen functional groups attached to an aromatic ring is 1. The number of anilines is 2. The van der Waals surface area contributed by atoms with Gasteiger partial charge in [-0.05, 0) is 38.2 Å². The Hall–Kier alpha value is -1.55. The van der Waals surface area contributed by atoms with Crippen LogP contribution in [-0.4, -0.2) is 30.9 Å². The van der Waals surface area contributed by atoms with E-state index < -0.39 is 0 Å². The summed E-state index contributed by atoms with van der Waals surface area (Å²) in [5.74, 6) is 0.0269. The maximum atomic E-state index is 11.7. The fourth-order valence-electron chi connectivity index (χ4n) is 1.44. The van der Waals surface area contributed by atoms with Gasteiger partial charge in [-0.3, -0.25) is 4.79 Å². The van der Waals surface area contributed by atoms with Crippen LogP contribution in [0.3, 0.4) is 0 Å². The number of hydrogen-bond donors (Lipinski definition) is 2. The first-order valence-electron chi connectivity index (χ1n) is 5.87. The van der Waals surface area contributed by atoms with Gasteiger partial charge in [-0.15, -0.1) is 0 Å². The summed E-state index contributed by atoms with van der Waals surface area (Å²) in [5.41, 5.74) is 8.18. The van der Waals surface area contributed by atoms with Crippen LogP contribution < -0.4 is 11.1 Å². The molecule has 0 aliphatic heterocycles. The molecule has 1 aromatic carbocycles. The number of carbonyl (C=O) groups excluding carboxylic acids is 1. The summed E-state index contributed by atoms with van der Waals surface area (Å²) >= 11 is 0. The van der Waals surface area contributed by atoms with E-state index in [9.17, 15) is 4.79 Å².